The van der Waals surface area contributed by atoms with Crippen LogP contribution in [0.3, 0.4) is 0 Å². The molecule has 1 rings (SSSR count). The van der Waals surface area contributed by atoms with E-state index < -0.39 is 0 Å². The molecule has 0 aromatic carbocycles. The van der Waals surface area contributed by atoms with Crippen molar-refractivity contribution in [2.24, 2.45) is 5.92 Å². The van der Waals surface area contributed by atoms with Crippen LogP contribution < -0.4 is 0 Å². The van der Waals surface area contributed by atoms with Crippen molar-refractivity contribution in [3.8, 4) is 6.07 Å². The van der Waals surface area contributed by atoms with Gasteiger partial charge in [0.2, 0.25) is 0 Å². The fourth-order valence-electron chi connectivity index (χ4n) is 1.99. The minimum atomic E-state index is 0.192. The largest absolute Gasteiger partial charge is 0.299 e. The maximum absolute atomic E-state index is 8.68. The van der Waals surface area contributed by atoms with Crippen LogP contribution in [0.4, 0.5) is 0 Å². The van der Waals surface area contributed by atoms with E-state index in [0.29, 0.717) is 0 Å². The molecule has 0 bridgehead atoms. The molecule has 2 heteroatoms. The predicted octanol–water partition coefficient (Wildman–Crippen LogP) is 2.02. The van der Waals surface area contributed by atoms with Crippen molar-refractivity contribution in [3.05, 3.63) is 0 Å². The first-order valence-electron chi connectivity index (χ1n) is 4.91. The van der Waals surface area contributed by atoms with Crippen LogP contribution in [0.2, 0.25) is 0 Å². The van der Waals surface area contributed by atoms with Gasteiger partial charge >= 0.3 is 0 Å². The van der Waals surface area contributed by atoms with E-state index in [1.54, 1.807) is 0 Å². The molecule has 2 unspecified atom stereocenters. The molecule has 12 heavy (non-hydrogen) atoms. The molecule has 0 saturated carbocycles. The fraction of sp³-hybridized carbons (Fsp3) is 0.900. The molecule has 0 aromatic heterocycles. The van der Waals surface area contributed by atoms with Gasteiger partial charge in [-0.3, -0.25) is 4.90 Å². The zero-order valence-corrected chi connectivity index (χ0v) is 8.08. The molecule has 0 aromatic rings. The topological polar surface area (TPSA) is 27.0 Å². The van der Waals surface area contributed by atoms with Crippen LogP contribution in [0.5, 0.6) is 0 Å². The van der Waals surface area contributed by atoms with Crippen molar-refractivity contribution in [1.29, 1.82) is 5.26 Å². The number of rotatable bonds is 3. The van der Waals surface area contributed by atoms with E-state index in [2.05, 4.69) is 17.9 Å². The van der Waals surface area contributed by atoms with Crippen LogP contribution >= 0.6 is 0 Å². The summed E-state index contributed by atoms with van der Waals surface area (Å²) in [6.07, 6.45) is 3.88. The highest BCUT2D eigenvalue weighted by atomic mass is 15.2. The van der Waals surface area contributed by atoms with Gasteiger partial charge in [0, 0.05) is 12.6 Å². The van der Waals surface area contributed by atoms with Crippen molar-refractivity contribution < 1.29 is 0 Å². The third kappa shape index (κ3) is 2.22. The van der Waals surface area contributed by atoms with Crippen LogP contribution in [0.1, 0.15) is 33.1 Å². The maximum atomic E-state index is 8.68. The Bertz CT molecular complexity index is 171. The highest BCUT2D eigenvalue weighted by Crippen LogP contribution is 2.20. The molecular weight excluding hydrogens is 148 g/mol. The van der Waals surface area contributed by atoms with Gasteiger partial charge in [0.1, 0.15) is 0 Å². The van der Waals surface area contributed by atoms with Crippen LogP contribution in [0.25, 0.3) is 0 Å². The van der Waals surface area contributed by atoms with E-state index in [9.17, 15) is 0 Å². The minimum Gasteiger partial charge on any atom is -0.299 e. The first kappa shape index (κ1) is 9.54. The third-order valence-corrected chi connectivity index (χ3v) is 2.70. The van der Waals surface area contributed by atoms with Gasteiger partial charge in [-0.2, -0.15) is 5.26 Å². The second-order valence-electron chi connectivity index (χ2n) is 3.73. The summed E-state index contributed by atoms with van der Waals surface area (Å²) in [5.74, 6) is 0.192. The molecule has 1 fully saturated rings. The maximum Gasteiger partial charge on any atom is 0.0666 e. The summed E-state index contributed by atoms with van der Waals surface area (Å²) in [6, 6.07) is 3.05. The SMILES string of the molecule is CCC1CCCN1CC(C)C#N. The lowest BCUT2D eigenvalue weighted by atomic mass is 10.1. The Kier molecular flexibility index (Phi) is 3.55. The van der Waals surface area contributed by atoms with Gasteiger partial charge in [-0.25, -0.2) is 0 Å². The molecule has 1 aliphatic rings. The summed E-state index contributed by atoms with van der Waals surface area (Å²) in [7, 11) is 0. The van der Waals surface area contributed by atoms with E-state index in [1.807, 2.05) is 6.92 Å². The van der Waals surface area contributed by atoms with Gasteiger partial charge in [0.15, 0.2) is 0 Å². The second-order valence-corrected chi connectivity index (χ2v) is 3.73. The van der Waals surface area contributed by atoms with Gasteiger partial charge in [-0.15, -0.1) is 0 Å². The van der Waals surface area contributed by atoms with Crippen LogP contribution in [0, 0.1) is 17.2 Å². The molecule has 2 atom stereocenters. The van der Waals surface area contributed by atoms with Crippen molar-refractivity contribution in [1.82, 2.24) is 4.90 Å². The van der Waals surface area contributed by atoms with E-state index in [4.69, 9.17) is 5.26 Å². The minimum absolute atomic E-state index is 0.192. The number of hydrogen-bond acceptors (Lipinski definition) is 2. The molecular formula is C10H18N2. The molecule has 0 aliphatic carbocycles. The van der Waals surface area contributed by atoms with Crippen LogP contribution in [0.15, 0.2) is 0 Å². The van der Waals surface area contributed by atoms with Gasteiger partial charge in [-0.1, -0.05) is 6.92 Å². The predicted molar refractivity (Wildman–Crippen MR) is 49.7 cm³/mol. The summed E-state index contributed by atoms with van der Waals surface area (Å²) in [4.78, 5) is 2.47. The van der Waals surface area contributed by atoms with Gasteiger partial charge in [-0.05, 0) is 32.7 Å². The Labute approximate surface area is 75.2 Å². The van der Waals surface area contributed by atoms with Gasteiger partial charge < -0.3 is 0 Å². The highest BCUT2D eigenvalue weighted by Gasteiger charge is 2.23. The monoisotopic (exact) mass is 166 g/mol. The van der Waals surface area contributed by atoms with E-state index in [1.165, 1.54) is 25.8 Å². The molecule has 1 saturated heterocycles. The lowest BCUT2D eigenvalue weighted by Crippen LogP contribution is -2.32. The number of likely N-dealkylation sites (tertiary alicyclic amines) is 1. The van der Waals surface area contributed by atoms with Gasteiger partial charge in [0.05, 0.1) is 12.0 Å². The molecule has 0 spiro atoms. The molecule has 0 amide bonds. The second kappa shape index (κ2) is 4.47. The van der Waals surface area contributed by atoms with E-state index >= 15 is 0 Å². The number of hydrogen-bond donors (Lipinski definition) is 0. The third-order valence-electron chi connectivity index (χ3n) is 2.70. The molecule has 1 aliphatic heterocycles. The van der Waals surface area contributed by atoms with Gasteiger partial charge in [0.25, 0.3) is 0 Å². The normalized spacial score (nSPS) is 26.9. The smallest absolute Gasteiger partial charge is 0.0666 e. The summed E-state index contributed by atoms with van der Waals surface area (Å²) in [5.41, 5.74) is 0. The van der Waals surface area contributed by atoms with Crippen LogP contribution in [-0.4, -0.2) is 24.0 Å². The van der Waals surface area contributed by atoms with Crippen molar-refractivity contribution in [3.63, 3.8) is 0 Å². The molecule has 0 radical (unpaired) electrons. The number of nitriles is 1. The quantitative estimate of drug-likeness (QED) is 0.641. The fourth-order valence-corrected chi connectivity index (χ4v) is 1.99. The lowest BCUT2D eigenvalue weighted by molar-refractivity contribution is 0.232. The number of nitrogens with zero attached hydrogens (tertiary/aromatic N) is 2. The first-order chi connectivity index (χ1) is 5.77. The summed E-state index contributed by atoms with van der Waals surface area (Å²) in [6.45, 7) is 6.41. The Balaban J connectivity index is 2.36. The Morgan fingerprint density at radius 1 is 1.67 bits per heavy atom. The summed E-state index contributed by atoms with van der Waals surface area (Å²) < 4.78 is 0. The Hall–Kier alpha value is -0.550. The molecule has 0 N–H and O–H groups in total. The molecule has 68 valence electrons. The standard InChI is InChI=1S/C10H18N2/c1-3-10-5-4-6-12(10)8-9(2)7-11/h9-10H,3-6,8H2,1-2H3. The molecule has 2 nitrogen and oxygen atoms in total. The average molecular weight is 166 g/mol. The lowest BCUT2D eigenvalue weighted by Gasteiger charge is -2.23. The summed E-state index contributed by atoms with van der Waals surface area (Å²) in [5, 5.41) is 8.68. The van der Waals surface area contributed by atoms with Crippen molar-refractivity contribution >= 4 is 0 Å². The zero-order chi connectivity index (χ0) is 8.97. The first-order valence-corrected chi connectivity index (χ1v) is 4.91. The van der Waals surface area contributed by atoms with E-state index in [0.717, 1.165) is 12.6 Å². The van der Waals surface area contributed by atoms with E-state index in [-0.39, 0.29) is 5.92 Å². The van der Waals surface area contributed by atoms with Crippen molar-refractivity contribution in [2.75, 3.05) is 13.1 Å². The Morgan fingerprint density at radius 2 is 2.42 bits per heavy atom. The summed E-state index contributed by atoms with van der Waals surface area (Å²) >= 11 is 0. The molecule has 1 heterocycles. The Morgan fingerprint density at radius 3 is 3.00 bits per heavy atom. The van der Waals surface area contributed by atoms with Crippen molar-refractivity contribution in [2.45, 2.75) is 39.2 Å². The average Bonchev–Trinajstić information content (AvgIpc) is 2.51. The van der Waals surface area contributed by atoms with Crippen LogP contribution in [-0.2, 0) is 0 Å². The highest BCUT2D eigenvalue weighted by molar-refractivity contribution is 4.86. The zero-order valence-electron chi connectivity index (χ0n) is 8.08.